The highest BCUT2D eigenvalue weighted by Crippen LogP contribution is 2.24. The van der Waals surface area contributed by atoms with Crippen LogP contribution in [0.3, 0.4) is 0 Å². The number of carbonyl (C=O) groups excluding carboxylic acids is 1. The second kappa shape index (κ2) is 10.0. The summed E-state index contributed by atoms with van der Waals surface area (Å²) in [6.07, 6.45) is 1.35. The molecular weight excluding hydrogens is 411 g/mol. The van der Waals surface area contributed by atoms with Crippen molar-refractivity contribution in [2.45, 2.75) is 27.0 Å². The Morgan fingerprint density at radius 3 is 2.50 bits per heavy atom. The predicted octanol–water partition coefficient (Wildman–Crippen LogP) is 3.93. The van der Waals surface area contributed by atoms with Crippen LogP contribution in [0.1, 0.15) is 38.2 Å². The molecule has 0 unspecified atom stereocenters. The molecule has 164 valence electrons. The lowest BCUT2D eigenvalue weighted by Gasteiger charge is -2.13. The van der Waals surface area contributed by atoms with E-state index in [2.05, 4.69) is 0 Å². The van der Waals surface area contributed by atoms with Gasteiger partial charge in [0.05, 0.1) is 12.2 Å². The molecule has 1 aromatic heterocycles. The number of methoxy groups -OCH3 is 1. The number of ketones is 1. The van der Waals surface area contributed by atoms with E-state index in [1.54, 1.807) is 0 Å². The number of pyridine rings is 1. The van der Waals surface area contributed by atoms with E-state index in [4.69, 9.17) is 9.47 Å². The number of nitriles is 1. The SMILES string of the molecule is COCCn1cc(C(=O)c2cc(F)ccc2OCc2cc(C)cc(C)c2)cc(C#N)c1=O. The number of rotatable bonds is 8. The van der Waals surface area contributed by atoms with Crippen molar-refractivity contribution in [3.05, 3.63) is 98.2 Å². The van der Waals surface area contributed by atoms with Gasteiger partial charge in [0.1, 0.15) is 29.8 Å². The lowest BCUT2D eigenvalue weighted by Crippen LogP contribution is -2.25. The minimum absolute atomic E-state index is 0.00945. The van der Waals surface area contributed by atoms with Crippen molar-refractivity contribution >= 4 is 5.78 Å². The lowest BCUT2D eigenvalue weighted by atomic mass is 10.0. The Hall–Kier alpha value is -3.76. The zero-order valence-electron chi connectivity index (χ0n) is 18.1. The van der Waals surface area contributed by atoms with Crippen LogP contribution in [0.4, 0.5) is 4.39 Å². The Morgan fingerprint density at radius 2 is 1.84 bits per heavy atom. The summed E-state index contributed by atoms with van der Waals surface area (Å²) in [6, 6.07) is 12.7. The van der Waals surface area contributed by atoms with Crippen LogP contribution in [0.2, 0.25) is 0 Å². The second-order valence-electron chi connectivity index (χ2n) is 7.50. The molecule has 32 heavy (non-hydrogen) atoms. The van der Waals surface area contributed by atoms with Crippen molar-refractivity contribution in [3.63, 3.8) is 0 Å². The first-order valence-corrected chi connectivity index (χ1v) is 10.00. The highest BCUT2D eigenvalue weighted by Gasteiger charge is 2.19. The summed E-state index contributed by atoms with van der Waals surface area (Å²) >= 11 is 0. The first-order chi connectivity index (χ1) is 15.3. The molecule has 0 aliphatic heterocycles. The third-order valence-electron chi connectivity index (χ3n) is 4.87. The molecule has 0 bridgehead atoms. The molecule has 0 fully saturated rings. The van der Waals surface area contributed by atoms with Crippen LogP contribution in [0.25, 0.3) is 0 Å². The van der Waals surface area contributed by atoms with E-state index in [9.17, 15) is 19.2 Å². The van der Waals surface area contributed by atoms with Gasteiger partial charge in [-0.05, 0) is 43.7 Å². The number of aromatic nitrogens is 1. The monoisotopic (exact) mass is 434 g/mol. The molecule has 0 saturated carbocycles. The standard InChI is InChI=1S/C25H23FN2O4/c1-16-8-17(2)10-18(9-16)15-32-23-5-4-21(26)12-22(23)24(29)20-11-19(13-27)25(30)28(14-20)6-7-31-3/h4-5,8-12,14H,6-7,15H2,1-3H3. The number of carbonyl (C=O) groups is 1. The summed E-state index contributed by atoms with van der Waals surface area (Å²) < 4.78 is 26.1. The van der Waals surface area contributed by atoms with E-state index in [-0.39, 0.29) is 42.2 Å². The minimum atomic E-state index is -0.597. The van der Waals surface area contributed by atoms with Crippen molar-refractivity contribution in [1.82, 2.24) is 4.57 Å². The van der Waals surface area contributed by atoms with Gasteiger partial charge < -0.3 is 14.0 Å². The van der Waals surface area contributed by atoms with Gasteiger partial charge in [-0.2, -0.15) is 5.26 Å². The molecule has 1 heterocycles. The fourth-order valence-electron chi connectivity index (χ4n) is 3.47. The van der Waals surface area contributed by atoms with Gasteiger partial charge in [0, 0.05) is 25.4 Å². The van der Waals surface area contributed by atoms with E-state index in [1.807, 2.05) is 38.1 Å². The van der Waals surface area contributed by atoms with Gasteiger partial charge in [0.25, 0.3) is 5.56 Å². The Balaban J connectivity index is 1.97. The number of halogens is 1. The highest BCUT2D eigenvalue weighted by molar-refractivity contribution is 6.10. The zero-order valence-corrected chi connectivity index (χ0v) is 18.1. The van der Waals surface area contributed by atoms with Gasteiger partial charge in [-0.25, -0.2) is 4.39 Å². The van der Waals surface area contributed by atoms with E-state index in [0.29, 0.717) is 0 Å². The average Bonchev–Trinajstić information content (AvgIpc) is 2.76. The first-order valence-electron chi connectivity index (χ1n) is 10.00. The Kier molecular flexibility index (Phi) is 7.18. The molecule has 7 heteroatoms. The fourth-order valence-corrected chi connectivity index (χ4v) is 3.47. The van der Waals surface area contributed by atoms with Crippen LogP contribution < -0.4 is 10.3 Å². The van der Waals surface area contributed by atoms with Gasteiger partial charge in [-0.15, -0.1) is 0 Å². The second-order valence-corrected chi connectivity index (χ2v) is 7.50. The zero-order chi connectivity index (χ0) is 23.3. The molecule has 0 aliphatic carbocycles. The van der Waals surface area contributed by atoms with Crippen molar-refractivity contribution in [1.29, 1.82) is 5.26 Å². The van der Waals surface area contributed by atoms with Crippen LogP contribution in [-0.2, 0) is 17.9 Å². The quantitative estimate of drug-likeness (QED) is 0.502. The van der Waals surface area contributed by atoms with Crippen molar-refractivity contribution in [3.8, 4) is 11.8 Å². The van der Waals surface area contributed by atoms with Crippen LogP contribution in [0, 0.1) is 31.0 Å². The maximum atomic E-state index is 14.0. The predicted molar refractivity (Wildman–Crippen MR) is 117 cm³/mol. The third kappa shape index (κ3) is 5.29. The van der Waals surface area contributed by atoms with Crippen LogP contribution >= 0.6 is 0 Å². The fraction of sp³-hybridized carbons (Fsp3) is 0.240. The molecular formula is C25H23FN2O4. The van der Waals surface area contributed by atoms with Gasteiger partial charge in [-0.1, -0.05) is 29.3 Å². The molecule has 3 rings (SSSR count). The van der Waals surface area contributed by atoms with Crippen LogP contribution in [-0.4, -0.2) is 24.1 Å². The summed E-state index contributed by atoms with van der Waals surface area (Å²) in [5.74, 6) is -0.938. The summed E-state index contributed by atoms with van der Waals surface area (Å²) in [4.78, 5) is 25.6. The Morgan fingerprint density at radius 1 is 1.12 bits per heavy atom. The maximum Gasteiger partial charge on any atom is 0.268 e. The number of aryl methyl sites for hydroxylation is 2. The summed E-state index contributed by atoms with van der Waals surface area (Å²) in [5, 5.41) is 9.31. The van der Waals surface area contributed by atoms with Gasteiger partial charge >= 0.3 is 0 Å². The molecule has 2 aromatic carbocycles. The third-order valence-corrected chi connectivity index (χ3v) is 4.87. The van der Waals surface area contributed by atoms with E-state index < -0.39 is 17.2 Å². The number of hydrogen-bond acceptors (Lipinski definition) is 5. The van der Waals surface area contributed by atoms with E-state index in [0.717, 1.165) is 22.8 Å². The molecule has 0 atom stereocenters. The van der Waals surface area contributed by atoms with Gasteiger partial charge in [0.15, 0.2) is 5.78 Å². The molecule has 0 radical (unpaired) electrons. The largest absolute Gasteiger partial charge is 0.488 e. The first kappa shape index (κ1) is 22.9. The van der Waals surface area contributed by atoms with E-state index in [1.165, 1.54) is 36.1 Å². The highest BCUT2D eigenvalue weighted by atomic mass is 19.1. The Labute approximate surface area is 185 Å². The van der Waals surface area contributed by atoms with Gasteiger partial charge in [0.2, 0.25) is 0 Å². The van der Waals surface area contributed by atoms with Crippen molar-refractivity contribution in [2.75, 3.05) is 13.7 Å². The lowest BCUT2D eigenvalue weighted by molar-refractivity contribution is 0.103. The number of benzene rings is 2. The Bertz CT molecular complexity index is 1240. The molecule has 3 aromatic rings. The number of nitrogens with zero attached hydrogens (tertiary/aromatic N) is 2. The topological polar surface area (TPSA) is 81.3 Å². The molecule has 0 spiro atoms. The molecule has 0 saturated heterocycles. The summed E-state index contributed by atoms with van der Waals surface area (Å²) in [6.45, 7) is 4.56. The van der Waals surface area contributed by atoms with Crippen molar-refractivity contribution < 1.29 is 18.7 Å². The molecule has 0 aliphatic rings. The minimum Gasteiger partial charge on any atom is -0.488 e. The number of hydrogen-bond donors (Lipinski definition) is 0. The number of ether oxygens (including phenoxy) is 2. The normalized spacial score (nSPS) is 10.6. The maximum absolute atomic E-state index is 14.0. The average molecular weight is 434 g/mol. The smallest absolute Gasteiger partial charge is 0.268 e. The van der Waals surface area contributed by atoms with Crippen molar-refractivity contribution in [2.24, 2.45) is 0 Å². The van der Waals surface area contributed by atoms with E-state index >= 15 is 0 Å². The van der Waals surface area contributed by atoms with Gasteiger partial charge in [-0.3, -0.25) is 9.59 Å². The molecule has 0 amide bonds. The molecule has 0 N–H and O–H groups in total. The summed E-state index contributed by atoms with van der Waals surface area (Å²) in [7, 11) is 1.48. The molecule has 6 nitrogen and oxygen atoms in total. The van der Waals surface area contributed by atoms with Crippen LogP contribution in [0.5, 0.6) is 5.75 Å². The summed E-state index contributed by atoms with van der Waals surface area (Å²) in [5.41, 5.74) is 2.48. The van der Waals surface area contributed by atoms with Crippen LogP contribution in [0.15, 0.2) is 53.5 Å².